The van der Waals surface area contributed by atoms with E-state index in [1.165, 1.54) is 25.7 Å². The van der Waals surface area contributed by atoms with E-state index < -0.39 is 5.41 Å². The predicted octanol–water partition coefficient (Wildman–Crippen LogP) is 5.74. The Morgan fingerprint density at radius 1 is 1.16 bits per heavy atom. The van der Waals surface area contributed by atoms with E-state index in [2.05, 4.69) is 41.2 Å². The standard InChI is InChI=1S/C30H40ClN5O2/c1-29(2)21-36(12-15-38-29)24-8-6-22(7-9-24)16-23-17-25(26(31)18-33-23)27-4-3-5-28(35-27)34-20-30(19-32)10-13-37-14-11-30/h3-5,17-18,22,24H,6-16,20-21H2,1-2H3,(H,34,35). The first-order valence-electron chi connectivity index (χ1n) is 14.1. The van der Waals surface area contributed by atoms with Crippen molar-refractivity contribution in [2.24, 2.45) is 11.3 Å². The summed E-state index contributed by atoms with van der Waals surface area (Å²) in [5, 5.41) is 13.8. The average molecular weight is 538 g/mol. The van der Waals surface area contributed by atoms with Gasteiger partial charge in [0.15, 0.2) is 0 Å². The number of halogens is 1. The second kappa shape index (κ2) is 11.9. The van der Waals surface area contributed by atoms with Crippen LogP contribution in [-0.2, 0) is 15.9 Å². The molecule has 0 unspecified atom stereocenters. The summed E-state index contributed by atoms with van der Waals surface area (Å²) >= 11 is 6.60. The fraction of sp³-hybridized carbons (Fsp3) is 0.633. The molecule has 0 atom stereocenters. The second-order valence-electron chi connectivity index (χ2n) is 11.9. The normalized spacial score (nSPS) is 25.4. The molecule has 4 heterocycles. The first-order valence-corrected chi connectivity index (χ1v) is 14.5. The zero-order valence-corrected chi connectivity index (χ0v) is 23.5. The van der Waals surface area contributed by atoms with E-state index >= 15 is 0 Å². The molecule has 0 aromatic carbocycles. The zero-order chi connectivity index (χ0) is 26.6. The van der Waals surface area contributed by atoms with Crippen LogP contribution in [0, 0.1) is 22.7 Å². The summed E-state index contributed by atoms with van der Waals surface area (Å²) in [6.45, 7) is 9.13. The summed E-state index contributed by atoms with van der Waals surface area (Å²) in [5.74, 6) is 1.40. The van der Waals surface area contributed by atoms with Gasteiger partial charge in [-0.1, -0.05) is 17.7 Å². The molecule has 0 amide bonds. The molecular weight excluding hydrogens is 498 g/mol. The van der Waals surface area contributed by atoms with Gasteiger partial charge in [-0.15, -0.1) is 0 Å². The Bertz CT molecular complexity index is 1140. The van der Waals surface area contributed by atoms with E-state index in [1.807, 2.05) is 18.2 Å². The zero-order valence-electron chi connectivity index (χ0n) is 22.7. The maximum atomic E-state index is 9.76. The van der Waals surface area contributed by atoms with Crippen LogP contribution in [0.2, 0.25) is 5.02 Å². The lowest BCUT2D eigenvalue weighted by Gasteiger charge is -2.44. The van der Waals surface area contributed by atoms with Crippen LogP contribution in [-0.4, -0.2) is 66.0 Å². The highest BCUT2D eigenvalue weighted by atomic mass is 35.5. The van der Waals surface area contributed by atoms with E-state index in [4.69, 9.17) is 26.1 Å². The summed E-state index contributed by atoms with van der Waals surface area (Å²) in [6.07, 6.45) is 9.15. The van der Waals surface area contributed by atoms with Gasteiger partial charge < -0.3 is 14.8 Å². The van der Waals surface area contributed by atoms with Crippen LogP contribution in [0.4, 0.5) is 5.82 Å². The molecule has 1 aliphatic carbocycles. The number of nitrogens with zero attached hydrogens (tertiary/aromatic N) is 4. The van der Waals surface area contributed by atoms with E-state index in [9.17, 15) is 5.26 Å². The molecule has 0 spiro atoms. The lowest BCUT2D eigenvalue weighted by Crippen LogP contribution is -2.52. The second-order valence-corrected chi connectivity index (χ2v) is 12.3. The number of hydrogen-bond donors (Lipinski definition) is 1. The predicted molar refractivity (Wildman–Crippen MR) is 150 cm³/mol. The SMILES string of the molecule is CC1(C)CN(C2CCC(Cc3cc(-c4cccc(NCC5(C#N)CCOCC5)n4)c(Cl)cn3)CC2)CCO1. The van der Waals surface area contributed by atoms with Crippen LogP contribution >= 0.6 is 11.6 Å². The van der Waals surface area contributed by atoms with Crippen LogP contribution in [0.3, 0.4) is 0 Å². The van der Waals surface area contributed by atoms with Gasteiger partial charge in [0.25, 0.3) is 0 Å². The Morgan fingerprint density at radius 2 is 1.95 bits per heavy atom. The maximum absolute atomic E-state index is 9.76. The van der Waals surface area contributed by atoms with E-state index in [0.717, 1.165) is 61.7 Å². The molecule has 2 saturated heterocycles. The van der Waals surface area contributed by atoms with E-state index in [0.29, 0.717) is 36.7 Å². The van der Waals surface area contributed by atoms with Crippen molar-refractivity contribution < 1.29 is 9.47 Å². The lowest BCUT2D eigenvalue weighted by atomic mass is 9.82. The van der Waals surface area contributed by atoms with Gasteiger partial charge >= 0.3 is 0 Å². The molecule has 3 fully saturated rings. The molecule has 2 aliphatic heterocycles. The highest BCUT2D eigenvalue weighted by Crippen LogP contribution is 2.34. The molecule has 2 aromatic rings. The molecule has 1 saturated carbocycles. The third-order valence-corrected chi connectivity index (χ3v) is 8.82. The van der Waals surface area contributed by atoms with Crippen LogP contribution in [0.5, 0.6) is 0 Å². The van der Waals surface area contributed by atoms with E-state index in [-0.39, 0.29) is 5.60 Å². The number of anilines is 1. The first-order chi connectivity index (χ1) is 18.3. The van der Waals surface area contributed by atoms with Crippen molar-refractivity contribution >= 4 is 17.4 Å². The quantitative estimate of drug-likeness (QED) is 0.482. The Kier molecular flexibility index (Phi) is 8.54. The third kappa shape index (κ3) is 6.66. The number of ether oxygens (including phenoxy) is 2. The molecule has 8 heteroatoms. The van der Waals surface area contributed by atoms with Crippen molar-refractivity contribution in [3.63, 3.8) is 0 Å². The number of nitriles is 1. The maximum Gasteiger partial charge on any atom is 0.126 e. The average Bonchev–Trinajstić information content (AvgIpc) is 2.93. The van der Waals surface area contributed by atoms with Gasteiger partial charge in [0, 0.05) is 56.3 Å². The first kappa shape index (κ1) is 27.3. The minimum Gasteiger partial charge on any atom is -0.381 e. The highest BCUT2D eigenvalue weighted by Gasteiger charge is 2.34. The Morgan fingerprint density at radius 3 is 2.68 bits per heavy atom. The van der Waals surface area contributed by atoms with Crippen LogP contribution in [0.15, 0.2) is 30.5 Å². The molecule has 7 nitrogen and oxygen atoms in total. The van der Waals surface area contributed by atoms with E-state index in [1.54, 1.807) is 6.20 Å². The number of hydrogen-bond acceptors (Lipinski definition) is 7. The largest absolute Gasteiger partial charge is 0.381 e. The van der Waals surface area contributed by atoms with Gasteiger partial charge in [-0.25, -0.2) is 4.98 Å². The van der Waals surface area contributed by atoms with Crippen molar-refractivity contribution in [3.8, 4) is 17.3 Å². The molecule has 204 valence electrons. The van der Waals surface area contributed by atoms with Gasteiger partial charge in [-0.05, 0) is 82.9 Å². The lowest BCUT2D eigenvalue weighted by molar-refractivity contribution is -0.101. The van der Waals surface area contributed by atoms with Crippen molar-refractivity contribution in [2.75, 3.05) is 44.8 Å². The van der Waals surface area contributed by atoms with Gasteiger partial charge in [0.1, 0.15) is 5.82 Å². The molecule has 0 bridgehead atoms. The fourth-order valence-electron chi connectivity index (χ4n) is 6.20. The molecule has 2 aromatic heterocycles. The smallest absolute Gasteiger partial charge is 0.126 e. The Labute approximate surface area is 231 Å². The summed E-state index contributed by atoms with van der Waals surface area (Å²) < 4.78 is 11.4. The molecule has 0 radical (unpaired) electrons. The van der Waals surface area contributed by atoms with Crippen molar-refractivity contribution in [1.82, 2.24) is 14.9 Å². The summed E-state index contributed by atoms with van der Waals surface area (Å²) in [4.78, 5) is 12.2. The van der Waals surface area contributed by atoms with Crippen molar-refractivity contribution in [3.05, 3.63) is 41.2 Å². The molecular formula is C30H40ClN5O2. The fourth-order valence-corrected chi connectivity index (χ4v) is 6.40. The number of aromatic nitrogens is 2. The van der Waals surface area contributed by atoms with Gasteiger partial charge in [-0.3, -0.25) is 9.88 Å². The Balaban J connectivity index is 1.20. The number of morpholine rings is 1. The van der Waals surface area contributed by atoms with Gasteiger partial charge in [0.05, 0.1) is 34.4 Å². The molecule has 5 rings (SSSR count). The van der Waals surface area contributed by atoms with Crippen LogP contribution in [0.1, 0.15) is 58.1 Å². The highest BCUT2D eigenvalue weighted by molar-refractivity contribution is 6.33. The topological polar surface area (TPSA) is 83.3 Å². The number of pyridine rings is 2. The van der Waals surface area contributed by atoms with Gasteiger partial charge in [0.2, 0.25) is 0 Å². The van der Waals surface area contributed by atoms with Crippen LogP contribution in [0.25, 0.3) is 11.3 Å². The van der Waals surface area contributed by atoms with Gasteiger partial charge in [-0.2, -0.15) is 5.26 Å². The molecule has 38 heavy (non-hydrogen) atoms. The Hall–Kier alpha value is -2.24. The summed E-state index contributed by atoms with van der Waals surface area (Å²) in [6, 6.07) is 11.2. The van der Waals surface area contributed by atoms with Crippen molar-refractivity contribution in [1.29, 1.82) is 5.26 Å². The summed E-state index contributed by atoms with van der Waals surface area (Å²) in [7, 11) is 0. The number of rotatable bonds is 7. The molecule has 1 N–H and O–H groups in total. The minimum absolute atomic E-state index is 0.0401. The monoisotopic (exact) mass is 537 g/mol. The molecule has 3 aliphatic rings. The third-order valence-electron chi connectivity index (χ3n) is 8.52. The summed E-state index contributed by atoms with van der Waals surface area (Å²) in [5.41, 5.74) is 2.35. The van der Waals surface area contributed by atoms with Crippen LogP contribution < -0.4 is 5.32 Å². The van der Waals surface area contributed by atoms with Crippen molar-refractivity contribution in [2.45, 2.75) is 70.4 Å². The number of nitrogens with one attached hydrogen (secondary N) is 1. The minimum atomic E-state index is -0.408.